The fraction of sp³-hybridized carbons (Fsp3) is 0.158. The fourth-order valence-electron chi connectivity index (χ4n) is 2.37. The highest BCUT2D eigenvalue weighted by molar-refractivity contribution is 5.95. The molecule has 1 N–H and O–H groups in total. The summed E-state index contributed by atoms with van der Waals surface area (Å²) in [6, 6.07) is 13.6. The van der Waals surface area contributed by atoms with E-state index in [9.17, 15) is 18.4 Å². The lowest BCUT2D eigenvalue weighted by atomic mass is 10.2. The zero-order valence-electron chi connectivity index (χ0n) is 14.1. The van der Waals surface area contributed by atoms with Crippen molar-refractivity contribution in [2.24, 2.45) is 0 Å². The maximum absolute atomic E-state index is 12.4. The van der Waals surface area contributed by atoms with Crippen LogP contribution in [0.25, 0.3) is 11.0 Å². The van der Waals surface area contributed by atoms with E-state index in [1.54, 1.807) is 24.3 Å². The number of hydrogen-bond donors (Lipinski definition) is 1. The van der Waals surface area contributed by atoms with Crippen LogP contribution in [-0.4, -0.2) is 18.6 Å². The molecule has 0 radical (unpaired) electrons. The number of ether oxygens (including phenoxy) is 2. The largest absolute Gasteiger partial charge is 0.481 e. The van der Waals surface area contributed by atoms with Gasteiger partial charge in [-0.25, -0.2) is 4.79 Å². The van der Waals surface area contributed by atoms with Crippen molar-refractivity contribution >= 4 is 22.6 Å². The van der Waals surface area contributed by atoms with Crippen LogP contribution >= 0.6 is 0 Å². The number of carbonyl (C=O) groups is 1. The van der Waals surface area contributed by atoms with Gasteiger partial charge >= 0.3 is 12.2 Å². The Morgan fingerprint density at radius 3 is 2.59 bits per heavy atom. The fourth-order valence-corrected chi connectivity index (χ4v) is 2.37. The van der Waals surface area contributed by atoms with Gasteiger partial charge in [-0.2, -0.15) is 8.78 Å². The molecule has 0 aliphatic heterocycles. The van der Waals surface area contributed by atoms with Gasteiger partial charge in [-0.1, -0.05) is 12.1 Å². The molecule has 0 aliphatic rings. The summed E-state index contributed by atoms with van der Waals surface area (Å²) in [6.45, 7) is -1.51. The number of amides is 1. The Balaban J connectivity index is 1.72. The normalized spacial score (nSPS) is 12.0. The molecule has 0 bridgehead atoms. The Morgan fingerprint density at radius 1 is 1.07 bits per heavy atom. The number of fused-ring (bicyclic) bond motifs is 1. The maximum Gasteiger partial charge on any atom is 0.387 e. The Hall–Kier alpha value is -3.42. The van der Waals surface area contributed by atoms with Crippen LogP contribution in [0.1, 0.15) is 6.92 Å². The maximum atomic E-state index is 12.4. The second kappa shape index (κ2) is 7.86. The average molecular weight is 375 g/mol. The average Bonchev–Trinajstić information content (AvgIpc) is 2.62. The minimum Gasteiger partial charge on any atom is -0.481 e. The first kappa shape index (κ1) is 18.4. The van der Waals surface area contributed by atoms with Crippen molar-refractivity contribution in [3.63, 3.8) is 0 Å². The highest BCUT2D eigenvalue weighted by Crippen LogP contribution is 2.26. The Labute approximate surface area is 152 Å². The van der Waals surface area contributed by atoms with Gasteiger partial charge in [0, 0.05) is 17.5 Å². The van der Waals surface area contributed by atoms with Gasteiger partial charge in [0.25, 0.3) is 5.91 Å². The van der Waals surface area contributed by atoms with Gasteiger partial charge in [-0.05, 0) is 37.3 Å². The lowest BCUT2D eigenvalue weighted by Gasteiger charge is -2.16. The molecule has 3 rings (SSSR count). The van der Waals surface area contributed by atoms with Crippen LogP contribution < -0.4 is 20.4 Å². The van der Waals surface area contributed by atoms with Crippen molar-refractivity contribution in [2.45, 2.75) is 19.6 Å². The van der Waals surface area contributed by atoms with E-state index < -0.39 is 24.2 Å². The molecule has 2 aromatic carbocycles. The zero-order chi connectivity index (χ0) is 19.4. The minimum atomic E-state index is -3.01. The summed E-state index contributed by atoms with van der Waals surface area (Å²) in [5.74, 6) is -0.396. The number of carbonyl (C=O) groups excluding carboxylic acids is 1. The number of rotatable bonds is 6. The van der Waals surface area contributed by atoms with E-state index in [-0.39, 0.29) is 11.4 Å². The minimum absolute atomic E-state index is 0.0998. The molecule has 0 unspecified atom stereocenters. The highest BCUT2D eigenvalue weighted by atomic mass is 19.3. The molecule has 0 aliphatic carbocycles. The van der Waals surface area contributed by atoms with Crippen LogP contribution in [0.5, 0.6) is 11.5 Å². The van der Waals surface area contributed by atoms with Gasteiger partial charge in [0.15, 0.2) is 6.10 Å². The summed E-state index contributed by atoms with van der Waals surface area (Å²) in [5, 5.41) is 3.19. The Kier molecular flexibility index (Phi) is 5.35. The van der Waals surface area contributed by atoms with Crippen molar-refractivity contribution in [2.75, 3.05) is 5.32 Å². The smallest absolute Gasteiger partial charge is 0.387 e. The van der Waals surface area contributed by atoms with E-state index in [1.807, 2.05) is 0 Å². The van der Waals surface area contributed by atoms with Crippen molar-refractivity contribution in [1.82, 2.24) is 0 Å². The van der Waals surface area contributed by atoms with Gasteiger partial charge < -0.3 is 19.2 Å². The number of anilines is 1. The van der Waals surface area contributed by atoms with Crippen molar-refractivity contribution in [1.29, 1.82) is 0 Å². The second-order valence-corrected chi connectivity index (χ2v) is 5.58. The molecule has 0 saturated heterocycles. The standard InChI is InChI=1S/C19H15F2NO5/c1-11(18(24)22-14-4-2-3-5-15(14)27-19(20)21)25-13-8-6-12-7-9-17(23)26-16(12)10-13/h2-11,19H,1H3,(H,22,24)/t11-/m1/s1. The SMILES string of the molecule is C[C@@H](Oc1ccc2ccc(=O)oc2c1)C(=O)Nc1ccccc1OC(F)F. The molecule has 1 amide bonds. The molecule has 0 saturated carbocycles. The summed E-state index contributed by atoms with van der Waals surface area (Å²) in [5.41, 5.74) is -0.0767. The third-order valence-electron chi connectivity index (χ3n) is 3.64. The van der Waals surface area contributed by atoms with E-state index in [0.717, 1.165) is 0 Å². The molecule has 27 heavy (non-hydrogen) atoms. The van der Waals surface area contributed by atoms with Crippen LogP contribution in [0.3, 0.4) is 0 Å². The van der Waals surface area contributed by atoms with Crippen LogP contribution in [0.4, 0.5) is 14.5 Å². The topological polar surface area (TPSA) is 77.8 Å². The van der Waals surface area contributed by atoms with E-state index in [4.69, 9.17) is 9.15 Å². The molecular formula is C19H15F2NO5. The first-order valence-electron chi connectivity index (χ1n) is 7.97. The zero-order valence-corrected chi connectivity index (χ0v) is 14.1. The molecule has 140 valence electrons. The number of benzene rings is 2. The summed E-state index contributed by atoms with van der Waals surface area (Å²) in [7, 11) is 0. The second-order valence-electron chi connectivity index (χ2n) is 5.58. The molecule has 8 heteroatoms. The first-order valence-corrected chi connectivity index (χ1v) is 7.97. The number of hydrogen-bond acceptors (Lipinski definition) is 5. The van der Waals surface area contributed by atoms with Gasteiger partial charge in [0.05, 0.1) is 5.69 Å². The summed E-state index contributed by atoms with van der Waals surface area (Å²) >= 11 is 0. The van der Waals surface area contributed by atoms with Crippen molar-refractivity contribution in [3.05, 3.63) is 65.0 Å². The number of para-hydroxylation sites is 2. The van der Waals surface area contributed by atoms with E-state index in [1.165, 1.54) is 37.3 Å². The molecule has 6 nitrogen and oxygen atoms in total. The van der Waals surface area contributed by atoms with Gasteiger partial charge in [0.2, 0.25) is 0 Å². The van der Waals surface area contributed by atoms with Crippen LogP contribution in [0.2, 0.25) is 0 Å². The number of halogens is 2. The van der Waals surface area contributed by atoms with E-state index in [2.05, 4.69) is 10.1 Å². The molecule has 3 aromatic rings. The van der Waals surface area contributed by atoms with E-state index in [0.29, 0.717) is 16.7 Å². The first-order chi connectivity index (χ1) is 12.9. The molecule has 1 aromatic heterocycles. The molecule has 1 atom stereocenters. The van der Waals surface area contributed by atoms with Crippen molar-refractivity contribution < 1.29 is 27.5 Å². The molecular weight excluding hydrogens is 360 g/mol. The quantitative estimate of drug-likeness (QED) is 0.663. The van der Waals surface area contributed by atoms with E-state index >= 15 is 0 Å². The van der Waals surface area contributed by atoms with Crippen LogP contribution in [0, 0.1) is 0 Å². The van der Waals surface area contributed by atoms with Crippen LogP contribution in [-0.2, 0) is 4.79 Å². The predicted octanol–water partition coefficient (Wildman–Crippen LogP) is 3.80. The summed E-state index contributed by atoms with van der Waals surface area (Å²) in [6.07, 6.45) is -0.947. The van der Waals surface area contributed by atoms with Gasteiger partial charge in [-0.3, -0.25) is 4.79 Å². The predicted molar refractivity (Wildman–Crippen MR) is 94.3 cm³/mol. The number of nitrogens with one attached hydrogen (secondary N) is 1. The lowest BCUT2D eigenvalue weighted by molar-refractivity contribution is -0.122. The molecule has 0 spiro atoms. The Morgan fingerprint density at radius 2 is 1.81 bits per heavy atom. The molecule has 0 fully saturated rings. The van der Waals surface area contributed by atoms with Gasteiger partial charge in [-0.15, -0.1) is 0 Å². The third-order valence-corrected chi connectivity index (χ3v) is 3.64. The summed E-state index contributed by atoms with van der Waals surface area (Å²) in [4.78, 5) is 23.6. The monoisotopic (exact) mass is 375 g/mol. The molecule has 1 heterocycles. The van der Waals surface area contributed by atoms with Crippen LogP contribution in [0.15, 0.2) is 63.8 Å². The third kappa shape index (κ3) is 4.60. The lowest BCUT2D eigenvalue weighted by Crippen LogP contribution is -2.30. The Bertz CT molecular complexity index is 1020. The number of alkyl halides is 2. The summed E-state index contributed by atoms with van der Waals surface area (Å²) < 4.78 is 39.9. The highest BCUT2D eigenvalue weighted by Gasteiger charge is 2.18. The van der Waals surface area contributed by atoms with Crippen molar-refractivity contribution in [3.8, 4) is 11.5 Å². The van der Waals surface area contributed by atoms with Gasteiger partial charge in [0.1, 0.15) is 17.1 Å².